The van der Waals surface area contributed by atoms with Crippen molar-refractivity contribution in [3.8, 4) is 44.5 Å². The lowest BCUT2D eigenvalue weighted by atomic mass is 9.85. The maximum Gasteiger partial charge on any atom is 0.134 e. The Morgan fingerprint density at radius 3 is 1.70 bits per heavy atom. The molecule has 9 aromatic carbocycles. The third-order valence-electron chi connectivity index (χ3n) is 11.3. The molecule has 11 rings (SSSR count). The molecule has 53 heavy (non-hydrogen) atoms. The lowest BCUT2D eigenvalue weighted by Crippen LogP contribution is -1.91. The molecule has 0 radical (unpaired) electrons. The Morgan fingerprint density at radius 1 is 0.377 bits per heavy atom. The second-order valence-corrected chi connectivity index (χ2v) is 14.3. The maximum atomic E-state index is 6.19. The predicted molar refractivity (Wildman–Crippen MR) is 225 cm³/mol. The fourth-order valence-electron chi connectivity index (χ4n) is 8.78. The first-order valence-electron chi connectivity index (χ1n) is 18.6. The highest BCUT2D eigenvalue weighted by atomic mass is 16.3. The van der Waals surface area contributed by atoms with Crippen molar-refractivity contribution in [2.24, 2.45) is 0 Å². The van der Waals surface area contributed by atoms with E-state index in [1.165, 1.54) is 98.5 Å². The van der Waals surface area contributed by atoms with E-state index in [4.69, 9.17) is 4.42 Å². The number of allylic oxidation sites excluding steroid dienone is 1. The standard InChI is InChI=1S/C52H34O/c1-2-15-41-33(11-1)12-10-21-42(41)38-13-9-14-39(31-38)51-44-17-3-5-19-46(44)52(47-20-6-4-18-45(47)51)40-26-25-34-29-35(23-24-36(34)30-40)37-27-28-50-48(32-37)43-16-7-8-22-49(43)53-50/h1-7,9-21,23-32H,8,22H2. The van der Waals surface area contributed by atoms with E-state index >= 15 is 0 Å². The van der Waals surface area contributed by atoms with Crippen molar-refractivity contribution < 1.29 is 4.42 Å². The first-order chi connectivity index (χ1) is 26.3. The topological polar surface area (TPSA) is 13.1 Å². The first-order valence-corrected chi connectivity index (χ1v) is 18.6. The number of hydrogen-bond donors (Lipinski definition) is 0. The van der Waals surface area contributed by atoms with Gasteiger partial charge in [0.25, 0.3) is 0 Å². The van der Waals surface area contributed by atoms with E-state index < -0.39 is 0 Å². The number of benzene rings is 9. The van der Waals surface area contributed by atoms with Gasteiger partial charge in [0.05, 0.1) is 0 Å². The van der Waals surface area contributed by atoms with Crippen LogP contribution < -0.4 is 0 Å². The van der Waals surface area contributed by atoms with Gasteiger partial charge in [-0.15, -0.1) is 0 Å². The van der Waals surface area contributed by atoms with E-state index in [0.29, 0.717) is 0 Å². The van der Waals surface area contributed by atoms with Crippen LogP contribution in [0.15, 0.2) is 180 Å². The summed E-state index contributed by atoms with van der Waals surface area (Å²) < 4.78 is 6.19. The maximum absolute atomic E-state index is 6.19. The van der Waals surface area contributed by atoms with E-state index in [1.54, 1.807) is 0 Å². The van der Waals surface area contributed by atoms with E-state index in [1.807, 2.05) is 0 Å². The molecule has 0 atom stereocenters. The number of hydrogen-bond acceptors (Lipinski definition) is 1. The molecular formula is C52H34O. The molecule has 1 aliphatic rings. The molecule has 0 amide bonds. The van der Waals surface area contributed by atoms with E-state index in [9.17, 15) is 0 Å². The summed E-state index contributed by atoms with van der Waals surface area (Å²) in [6.07, 6.45) is 6.49. The molecule has 0 N–H and O–H groups in total. The van der Waals surface area contributed by atoms with Gasteiger partial charge >= 0.3 is 0 Å². The van der Waals surface area contributed by atoms with Gasteiger partial charge in [-0.05, 0) is 124 Å². The molecule has 0 bridgehead atoms. The fourth-order valence-corrected chi connectivity index (χ4v) is 8.78. The molecule has 1 nitrogen and oxygen atoms in total. The van der Waals surface area contributed by atoms with E-state index in [0.717, 1.165) is 24.2 Å². The molecule has 0 unspecified atom stereocenters. The van der Waals surface area contributed by atoms with Crippen LogP contribution in [0.2, 0.25) is 0 Å². The second kappa shape index (κ2) is 11.9. The third kappa shape index (κ3) is 4.85. The highest BCUT2D eigenvalue weighted by Gasteiger charge is 2.18. The summed E-state index contributed by atoms with van der Waals surface area (Å²) in [7, 11) is 0. The highest BCUT2D eigenvalue weighted by Crippen LogP contribution is 2.45. The molecule has 0 aliphatic heterocycles. The van der Waals surface area contributed by atoms with Gasteiger partial charge in [-0.25, -0.2) is 0 Å². The van der Waals surface area contributed by atoms with Gasteiger partial charge in [-0.2, -0.15) is 0 Å². The van der Waals surface area contributed by atoms with Crippen LogP contribution in [-0.2, 0) is 6.42 Å². The Kier molecular flexibility index (Phi) is 6.75. The van der Waals surface area contributed by atoms with Gasteiger partial charge in [-0.3, -0.25) is 0 Å². The number of fused-ring (bicyclic) bond motifs is 7. The monoisotopic (exact) mass is 674 g/mol. The molecule has 10 aromatic rings. The predicted octanol–water partition coefficient (Wildman–Crippen LogP) is 14.7. The van der Waals surface area contributed by atoms with Crippen molar-refractivity contribution in [2.45, 2.75) is 12.8 Å². The second-order valence-electron chi connectivity index (χ2n) is 14.3. The Morgan fingerprint density at radius 2 is 0.943 bits per heavy atom. The van der Waals surface area contributed by atoms with E-state index in [-0.39, 0.29) is 0 Å². The lowest BCUT2D eigenvalue weighted by molar-refractivity contribution is 0.546. The zero-order valence-electron chi connectivity index (χ0n) is 29.1. The molecule has 1 heterocycles. The third-order valence-corrected chi connectivity index (χ3v) is 11.3. The first kappa shape index (κ1) is 30.0. The quantitative estimate of drug-likeness (QED) is 0.169. The Balaban J connectivity index is 1.05. The fraction of sp³-hybridized carbons (Fsp3) is 0.0385. The Bertz CT molecular complexity index is 3060. The molecule has 1 aromatic heterocycles. The van der Waals surface area contributed by atoms with Gasteiger partial charge in [0.1, 0.15) is 11.3 Å². The van der Waals surface area contributed by atoms with Gasteiger partial charge < -0.3 is 4.42 Å². The minimum atomic E-state index is 0.971. The van der Waals surface area contributed by atoms with Crippen LogP contribution in [0.25, 0.3) is 105 Å². The van der Waals surface area contributed by atoms with Crippen molar-refractivity contribution >= 4 is 60.1 Å². The molecule has 1 heteroatoms. The SMILES string of the molecule is C1=Cc2c(oc3ccc(-c4ccc5cc(-c6c7ccccc7c(-c7cccc(-c8cccc9ccccc89)c7)c7ccccc67)ccc5c4)cc23)CC1. The zero-order valence-corrected chi connectivity index (χ0v) is 29.1. The van der Waals surface area contributed by atoms with Crippen molar-refractivity contribution in [3.63, 3.8) is 0 Å². The average Bonchev–Trinajstić information content (AvgIpc) is 3.60. The van der Waals surface area contributed by atoms with Crippen molar-refractivity contribution in [1.29, 1.82) is 0 Å². The van der Waals surface area contributed by atoms with Crippen LogP contribution in [0.3, 0.4) is 0 Å². The molecular weight excluding hydrogens is 641 g/mol. The summed E-state index contributed by atoms with van der Waals surface area (Å²) in [5.41, 5.74) is 12.1. The Hall–Kier alpha value is -6.70. The summed E-state index contributed by atoms with van der Waals surface area (Å²) in [4.78, 5) is 0. The van der Waals surface area contributed by atoms with Crippen LogP contribution >= 0.6 is 0 Å². The summed E-state index contributed by atoms with van der Waals surface area (Å²) in [6.45, 7) is 0. The molecule has 0 spiro atoms. The summed E-state index contributed by atoms with van der Waals surface area (Å²) >= 11 is 0. The highest BCUT2D eigenvalue weighted by molar-refractivity contribution is 6.22. The van der Waals surface area contributed by atoms with Gasteiger partial charge in [0.15, 0.2) is 0 Å². The molecule has 0 saturated heterocycles. The van der Waals surface area contributed by atoms with Gasteiger partial charge in [0.2, 0.25) is 0 Å². The molecule has 0 fully saturated rings. The molecule has 1 aliphatic carbocycles. The summed E-state index contributed by atoms with van der Waals surface area (Å²) in [5, 5.41) is 11.2. The van der Waals surface area contributed by atoms with Crippen LogP contribution in [-0.4, -0.2) is 0 Å². The summed E-state index contributed by atoms with van der Waals surface area (Å²) in [6, 6.07) is 62.7. The van der Waals surface area contributed by atoms with Crippen LogP contribution in [0.4, 0.5) is 0 Å². The van der Waals surface area contributed by atoms with Gasteiger partial charge in [-0.1, -0.05) is 152 Å². The van der Waals surface area contributed by atoms with Crippen molar-refractivity contribution in [3.05, 3.63) is 187 Å². The van der Waals surface area contributed by atoms with Crippen LogP contribution in [0.1, 0.15) is 17.7 Å². The lowest BCUT2D eigenvalue weighted by Gasteiger charge is -2.18. The minimum Gasteiger partial charge on any atom is -0.460 e. The number of rotatable bonds is 4. The normalized spacial score (nSPS) is 12.7. The van der Waals surface area contributed by atoms with Crippen LogP contribution in [0, 0.1) is 0 Å². The Labute approximate surface area is 308 Å². The largest absolute Gasteiger partial charge is 0.460 e. The van der Waals surface area contributed by atoms with Gasteiger partial charge in [0, 0.05) is 17.4 Å². The zero-order chi connectivity index (χ0) is 34.9. The number of aryl methyl sites for hydroxylation is 1. The molecule has 248 valence electrons. The smallest absolute Gasteiger partial charge is 0.134 e. The average molecular weight is 675 g/mol. The van der Waals surface area contributed by atoms with E-state index in [2.05, 4.69) is 182 Å². The summed E-state index contributed by atoms with van der Waals surface area (Å²) in [5.74, 6) is 1.10. The number of furan rings is 1. The molecule has 0 saturated carbocycles. The van der Waals surface area contributed by atoms with Crippen LogP contribution in [0.5, 0.6) is 0 Å². The van der Waals surface area contributed by atoms with Crippen molar-refractivity contribution in [1.82, 2.24) is 0 Å². The van der Waals surface area contributed by atoms with Crippen molar-refractivity contribution in [2.75, 3.05) is 0 Å². The minimum absolute atomic E-state index is 0.971.